The van der Waals surface area contributed by atoms with E-state index in [1.54, 1.807) is 33.1 Å². The molecule has 2 aromatic carbocycles. The number of hydrogen-bond acceptors (Lipinski definition) is 5. The molecule has 0 spiro atoms. The summed E-state index contributed by atoms with van der Waals surface area (Å²) >= 11 is 3.04. The minimum absolute atomic E-state index is 0.107. The molecular weight excluding hydrogens is 507 g/mol. The Balaban J connectivity index is 1.78. The number of benzene rings is 2. The molecule has 4 aromatic rings. The van der Waals surface area contributed by atoms with Crippen LogP contribution in [0.1, 0.15) is 35.3 Å². The van der Waals surface area contributed by atoms with E-state index >= 15 is 0 Å². The first-order chi connectivity index (χ1) is 18.0. The number of nitrogens with one attached hydrogen (secondary N) is 1. The number of nitrogens with zero attached hydrogens (tertiary/aromatic N) is 3. The lowest BCUT2D eigenvalue weighted by molar-refractivity contribution is -0.122. The van der Waals surface area contributed by atoms with Crippen LogP contribution in [0.2, 0.25) is 0 Å². The Morgan fingerprint density at radius 1 is 1.14 bits per heavy atom. The third-order valence-corrected chi connectivity index (χ3v) is 8.37. The highest BCUT2D eigenvalue weighted by molar-refractivity contribution is 8.00. The quantitative estimate of drug-likeness (QED) is 0.328. The first kappa shape index (κ1) is 25.2. The molecule has 0 aliphatic carbocycles. The van der Waals surface area contributed by atoms with Crippen molar-refractivity contribution in [3.8, 4) is 16.3 Å². The summed E-state index contributed by atoms with van der Waals surface area (Å²) in [6, 6.07) is 18.2. The fourth-order valence-electron chi connectivity index (χ4n) is 4.45. The molecule has 0 saturated heterocycles. The van der Waals surface area contributed by atoms with Crippen LogP contribution < -0.4 is 10.2 Å². The number of rotatable bonds is 7. The number of amides is 2. The molecule has 37 heavy (non-hydrogen) atoms. The van der Waals surface area contributed by atoms with Gasteiger partial charge in [0.1, 0.15) is 23.9 Å². The molecule has 6 nitrogen and oxygen atoms in total. The number of thiophene rings is 1. The van der Waals surface area contributed by atoms with Gasteiger partial charge in [-0.25, -0.2) is 9.07 Å². The average Bonchev–Trinajstić information content (AvgIpc) is 3.53. The van der Waals surface area contributed by atoms with Crippen molar-refractivity contribution in [3.63, 3.8) is 0 Å². The molecule has 1 aliphatic rings. The highest BCUT2D eigenvalue weighted by Gasteiger charge is 2.38. The first-order valence-electron chi connectivity index (χ1n) is 12.1. The summed E-state index contributed by atoms with van der Waals surface area (Å²) in [7, 11) is 0. The summed E-state index contributed by atoms with van der Waals surface area (Å²) in [5.41, 5.74) is 4.29. The lowest BCUT2D eigenvalue weighted by Crippen LogP contribution is -2.42. The third-order valence-electron chi connectivity index (χ3n) is 6.23. The van der Waals surface area contributed by atoms with E-state index in [0.29, 0.717) is 12.4 Å². The normalized spacial score (nSPS) is 15.4. The van der Waals surface area contributed by atoms with Gasteiger partial charge in [0.25, 0.3) is 0 Å². The van der Waals surface area contributed by atoms with Gasteiger partial charge in [-0.2, -0.15) is 5.10 Å². The van der Waals surface area contributed by atoms with Gasteiger partial charge in [-0.15, -0.1) is 23.1 Å². The monoisotopic (exact) mass is 534 g/mol. The first-order valence-corrected chi connectivity index (χ1v) is 14.1. The molecule has 1 N–H and O–H groups in total. The van der Waals surface area contributed by atoms with Crippen LogP contribution >= 0.6 is 23.1 Å². The Kier molecular flexibility index (Phi) is 7.43. The maximum absolute atomic E-state index is 13.8. The number of thioether (sulfide) groups is 1. The minimum Gasteiger partial charge on any atom is -0.355 e. The van der Waals surface area contributed by atoms with Gasteiger partial charge in [0.2, 0.25) is 11.8 Å². The SMILES string of the molecule is CCCNC(=O)CN1C(=O)CS[C@@H](c2ccc(F)cc2)c2c(-c3cccs3)nn(-c3ccccc3C)c21. The lowest BCUT2D eigenvalue weighted by atomic mass is 10.0. The molecule has 0 bridgehead atoms. The molecule has 9 heteroatoms. The number of aryl methyl sites for hydroxylation is 1. The second-order valence-corrected chi connectivity index (χ2v) is 10.9. The zero-order chi connectivity index (χ0) is 25.9. The van der Waals surface area contributed by atoms with E-state index in [0.717, 1.165) is 39.4 Å². The van der Waals surface area contributed by atoms with Crippen LogP contribution in [-0.2, 0) is 9.59 Å². The maximum atomic E-state index is 13.8. The molecular formula is C28H27FN4O2S2. The second kappa shape index (κ2) is 10.9. The van der Waals surface area contributed by atoms with Gasteiger partial charge in [-0.3, -0.25) is 14.5 Å². The summed E-state index contributed by atoms with van der Waals surface area (Å²) in [6.45, 7) is 4.42. The van der Waals surface area contributed by atoms with Crippen molar-refractivity contribution < 1.29 is 14.0 Å². The number of anilines is 1. The summed E-state index contributed by atoms with van der Waals surface area (Å²) in [5, 5.41) is 9.68. The Hall–Kier alpha value is -3.43. The summed E-state index contributed by atoms with van der Waals surface area (Å²) < 4.78 is 15.6. The van der Waals surface area contributed by atoms with Crippen molar-refractivity contribution in [2.45, 2.75) is 25.5 Å². The smallest absolute Gasteiger partial charge is 0.240 e. The predicted molar refractivity (Wildman–Crippen MR) is 148 cm³/mol. The molecule has 0 fully saturated rings. The van der Waals surface area contributed by atoms with E-state index in [2.05, 4.69) is 5.32 Å². The van der Waals surface area contributed by atoms with Crippen LogP contribution in [0.4, 0.5) is 10.2 Å². The van der Waals surface area contributed by atoms with Gasteiger partial charge in [-0.05, 0) is 54.1 Å². The molecule has 2 aromatic heterocycles. The Labute approximate surface area is 223 Å². The number of fused-ring (bicyclic) bond motifs is 1. The third kappa shape index (κ3) is 5.06. The van der Waals surface area contributed by atoms with Crippen molar-refractivity contribution in [3.05, 3.63) is 88.6 Å². The topological polar surface area (TPSA) is 67.2 Å². The Morgan fingerprint density at radius 2 is 1.92 bits per heavy atom. The predicted octanol–water partition coefficient (Wildman–Crippen LogP) is 5.74. The second-order valence-electron chi connectivity index (χ2n) is 8.83. The van der Waals surface area contributed by atoms with Gasteiger partial charge >= 0.3 is 0 Å². The van der Waals surface area contributed by atoms with Crippen LogP contribution in [0.15, 0.2) is 66.0 Å². The maximum Gasteiger partial charge on any atom is 0.240 e. The number of para-hydroxylation sites is 1. The highest BCUT2D eigenvalue weighted by atomic mass is 32.2. The Morgan fingerprint density at radius 3 is 2.62 bits per heavy atom. The minimum atomic E-state index is -0.318. The van der Waals surface area contributed by atoms with Crippen LogP contribution in [0.5, 0.6) is 0 Å². The van der Waals surface area contributed by atoms with E-state index in [1.807, 2.05) is 55.6 Å². The fraction of sp³-hybridized carbons (Fsp3) is 0.250. The van der Waals surface area contributed by atoms with Gasteiger partial charge in [0.05, 0.1) is 21.6 Å². The molecule has 1 atom stereocenters. The number of hydrogen-bond donors (Lipinski definition) is 1. The lowest BCUT2D eigenvalue weighted by Gasteiger charge is -2.23. The zero-order valence-corrected chi connectivity index (χ0v) is 22.2. The van der Waals surface area contributed by atoms with Gasteiger partial charge in [-0.1, -0.05) is 43.3 Å². The molecule has 1 aliphatic heterocycles. The highest BCUT2D eigenvalue weighted by Crippen LogP contribution is 2.49. The van der Waals surface area contributed by atoms with E-state index in [-0.39, 0.29) is 35.2 Å². The molecule has 0 saturated carbocycles. The molecule has 3 heterocycles. The van der Waals surface area contributed by atoms with E-state index in [1.165, 1.54) is 23.9 Å². The molecule has 2 amide bonds. The van der Waals surface area contributed by atoms with E-state index in [9.17, 15) is 14.0 Å². The van der Waals surface area contributed by atoms with Crippen molar-refractivity contribution in [1.82, 2.24) is 15.1 Å². The van der Waals surface area contributed by atoms with Crippen LogP contribution in [-0.4, -0.2) is 40.4 Å². The van der Waals surface area contributed by atoms with Crippen molar-refractivity contribution >= 4 is 40.7 Å². The van der Waals surface area contributed by atoms with Gasteiger partial charge < -0.3 is 5.32 Å². The van der Waals surface area contributed by atoms with E-state index in [4.69, 9.17) is 5.10 Å². The largest absolute Gasteiger partial charge is 0.355 e. The van der Waals surface area contributed by atoms with Crippen molar-refractivity contribution in [2.75, 3.05) is 23.7 Å². The van der Waals surface area contributed by atoms with Gasteiger partial charge in [0.15, 0.2) is 0 Å². The molecule has 5 rings (SSSR count). The van der Waals surface area contributed by atoms with Crippen molar-refractivity contribution in [1.29, 1.82) is 0 Å². The van der Waals surface area contributed by atoms with Crippen LogP contribution in [0, 0.1) is 12.7 Å². The molecule has 0 unspecified atom stereocenters. The number of aromatic nitrogens is 2. The number of halogens is 1. The van der Waals surface area contributed by atoms with Crippen molar-refractivity contribution in [2.24, 2.45) is 0 Å². The zero-order valence-electron chi connectivity index (χ0n) is 20.6. The van der Waals surface area contributed by atoms with Gasteiger partial charge in [0, 0.05) is 12.1 Å². The molecule has 0 radical (unpaired) electrons. The average molecular weight is 535 g/mol. The van der Waals surface area contributed by atoms with Crippen LogP contribution in [0.3, 0.4) is 0 Å². The summed E-state index contributed by atoms with van der Waals surface area (Å²) in [6.07, 6.45) is 0.803. The fourth-order valence-corrected chi connectivity index (χ4v) is 6.37. The number of carbonyl (C=O) groups excluding carboxylic acids is 2. The number of carbonyl (C=O) groups is 2. The standard InChI is InChI=1S/C28H27FN4O2S2/c1-3-14-30-23(34)16-32-24(35)17-37-27(19-10-12-20(29)13-11-19)25-26(22-9-6-15-36-22)31-33(28(25)32)21-8-5-4-7-18(21)2/h4-13,15,27H,3,14,16-17H2,1-2H3,(H,30,34)/t27-/m0/s1. The Bertz CT molecular complexity index is 1420. The summed E-state index contributed by atoms with van der Waals surface area (Å²) in [4.78, 5) is 29.0. The van der Waals surface area contributed by atoms with Crippen LogP contribution in [0.25, 0.3) is 16.3 Å². The molecule has 190 valence electrons. The van der Waals surface area contributed by atoms with E-state index < -0.39 is 0 Å². The summed E-state index contributed by atoms with van der Waals surface area (Å²) in [5.74, 6) is 0.0438.